The standard InChI is InChI=1S/C8H14O6/c1(11-13-5-7-3-9-7)2-12-14-6-8-4-10-8/h7-8H,1-6H2. The smallest absolute Gasteiger partial charge is 0.111 e. The molecule has 6 heteroatoms. The van der Waals surface area contributed by atoms with Gasteiger partial charge in [-0.15, -0.1) is 0 Å². The number of rotatable bonds is 9. The molecule has 6 nitrogen and oxygen atoms in total. The molecule has 14 heavy (non-hydrogen) atoms. The van der Waals surface area contributed by atoms with Crippen LogP contribution in [0.2, 0.25) is 0 Å². The first-order valence-corrected chi connectivity index (χ1v) is 4.67. The van der Waals surface area contributed by atoms with Crippen molar-refractivity contribution in [3.05, 3.63) is 0 Å². The molecule has 2 rings (SSSR count). The summed E-state index contributed by atoms with van der Waals surface area (Å²) >= 11 is 0. The van der Waals surface area contributed by atoms with E-state index in [1.165, 1.54) is 0 Å². The largest absolute Gasteiger partial charge is 0.370 e. The lowest BCUT2D eigenvalue weighted by Crippen LogP contribution is -2.10. The Hall–Kier alpha value is -0.240. The normalized spacial score (nSPS) is 29.1. The summed E-state index contributed by atoms with van der Waals surface area (Å²) < 4.78 is 9.82. The summed E-state index contributed by atoms with van der Waals surface area (Å²) in [5.74, 6) is 0. The second kappa shape index (κ2) is 5.59. The van der Waals surface area contributed by atoms with Crippen molar-refractivity contribution in [2.45, 2.75) is 12.2 Å². The van der Waals surface area contributed by atoms with Crippen LogP contribution in [0.5, 0.6) is 0 Å². The zero-order valence-electron chi connectivity index (χ0n) is 7.85. The molecule has 2 heterocycles. The van der Waals surface area contributed by atoms with Gasteiger partial charge in [-0.1, -0.05) is 0 Å². The third kappa shape index (κ3) is 4.85. The Balaban J connectivity index is 1.25. The monoisotopic (exact) mass is 206 g/mol. The van der Waals surface area contributed by atoms with Gasteiger partial charge in [0, 0.05) is 0 Å². The van der Waals surface area contributed by atoms with Gasteiger partial charge in [0.15, 0.2) is 0 Å². The second-order valence-corrected chi connectivity index (χ2v) is 3.12. The Labute approximate surface area is 81.8 Å². The predicted molar refractivity (Wildman–Crippen MR) is 43.3 cm³/mol. The molecule has 2 atom stereocenters. The van der Waals surface area contributed by atoms with E-state index in [0.29, 0.717) is 26.4 Å². The molecule has 0 radical (unpaired) electrons. The molecule has 82 valence electrons. The highest BCUT2D eigenvalue weighted by atomic mass is 17.2. The number of hydrogen-bond acceptors (Lipinski definition) is 6. The molecule has 0 saturated carbocycles. The maximum absolute atomic E-state index is 4.91. The Morgan fingerprint density at radius 3 is 1.57 bits per heavy atom. The molecule has 0 aromatic heterocycles. The van der Waals surface area contributed by atoms with Crippen LogP contribution in [0, 0.1) is 0 Å². The van der Waals surface area contributed by atoms with Gasteiger partial charge in [0.25, 0.3) is 0 Å². The van der Waals surface area contributed by atoms with Crippen molar-refractivity contribution in [1.82, 2.24) is 0 Å². The molecule has 2 saturated heterocycles. The Morgan fingerprint density at radius 2 is 1.21 bits per heavy atom. The van der Waals surface area contributed by atoms with Gasteiger partial charge >= 0.3 is 0 Å². The van der Waals surface area contributed by atoms with E-state index >= 15 is 0 Å². The van der Waals surface area contributed by atoms with Gasteiger partial charge in [-0.25, -0.2) is 19.6 Å². The highest BCUT2D eigenvalue weighted by molar-refractivity contribution is 4.66. The lowest BCUT2D eigenvalue weighted by molar-refractivity contribution is -0.342. The molecule has 0 aromatic rings. The molecule has 0 aliphatic carbocycles. The van der Waals surface area contributed by atoms with Crippen molar-refractivity contribution in [1.29, 1.82) is 0 Å². The molecule has 0 amide bonds. The third-order valence-electron chi connectivity index (χ3n) is 1.73. The van der Waals surface area contributed by atoms with Crippen molar-refractivity contribution in [2.75, 3.05) is 39.6 Å². The highest BCUT2D eigenvalue weighted by Crippen LogP contribution is 2.09. The van der Waals surface area contributed by atoms with E-state index in [2.05, 4.69) is 0 Å². The van der Waals surface area contributed by atoms with E-state index in [0.717, 1.165) is 13.2 Å². The topological polar surface area (TPSA) is 62.0 Å². The lowest BCUT2D eigenvalue weighted by atomic mass is 10.5. The van der Waals surface area contributed by atoms with Gasteiger partial charge in [-0.3, -0.25) is 0 Å². The summed E-state index contributed by atoms with van der Waals surface area (Å²) in [6.07, 6.45) is 0.443. The van der Waals surface area contributed by atoms with Gasteiger partial charge < -0.3 is 9.47 Å². The Bertz CT molecular complexity index is 138. The molecular weight excluding hydrogens is 192 g/mol. The minimum absolute atomic E-state index is 0.221. The SMILES string of the molecule is C(COOCC1CO1)OOCC1CO1. The number of ether oxygens (including phenoxy) is 2. The maximum atomic E-state index is 4.91. The Morgan fingerprint density at radius 1 is 0.786 bits per heavy atom. The van der Waals surface area contributed by atoms with E-state index in [1.807, 2.05) is 0 Å². The minimum Gasteiger partial charge on any atom is -0.370 e. The van der Waals surface area contributed by atoms with Gasteiger partial charge in [0.2, 0.25) is 0 Å². The van der Waals surface area contributed by atoms with Crippen LogP contribution in [0.3, 0.4) is 0 Å². The van der Waals surface area contributed by atoms with Crippen LogP contribution in [0.15, 0.2) is 0 Å². The van der Waals surface area contributed by atoms with Gasteiger partial charge in [-0.05, 0) is 0 Å². The van der Waals surface area contributed by atoms with Crippen LogP contribution in [-0.4, -0.2) is 51.8 Å². The van der Waals surface area contributed by atoms with E-state index < -0.39 is 0 Å². The predicted octanol–water partition coefficient (Wildman–Crippen LogP) is -0.320. The van der Waals surface area contributed by atoms with Gasteiger partial charge in [-0.2, -0.15) is 0 Å². The average Bonchev–Trinajstić information content (AvgIpc) is 3.00. The third-order valence-corrected chi connectivity index (χ3v) is 1.73. The summed E-state index contributed by atoms with van der Waals surface area (Å²) in [6, 6.07) is 0. The molecule has 0 spiro atoms. The molecule has 0 aromatic carbocycles. The first kappa shape index (κ1) is 10.3. The van der Waals surface area contributed by atoms with Crippen molar-refractivity contribution in [3.63, 3.8) is 0 Å². The molecule has 2 aliphatic heterocycles. The average molecular weight is 206 g/mol. The van der Waals surface area contributed by atoms with E-state index in [9.17, 15) is 0 Å². The molecule has 0 bridgehead atoms. The van der Waals surface area contributed by atoms with Crippen LogP contribution in [-0.2, 0) is 29.0 Å². The van der Waals surface area contributed by atoms with Crippen LogP contribution in [0.4, 0.5) is 0 Å². The van der Waals surface area contributed by atoms with Crippen molar-refractivity contribution in [3.8, 4) is 0 Å². The Kier molecular flexibility index (Phi) is 4.11. The summed E-state index contributed by atoms with van der Waals surface area (Å²) in [5, 5.41) is 0. The second-order valence-electron chi connectivity index (χ2n) is 3.12. The zero-order valence-corrected chi connectivity index (χ0v) is 7.85. The van der Waals surface area contributed by atoms with Crippen molar-refractivity contribution < 1.29 is 29.0 Å². The molecule has 2 fully saturated rings. The highest BCUT2D eigenvalue weighted by Gasteiger charge is 2.23. The van der Waals surface area contributed by atoms with E-state index in [-0.39, 0.29) is 12.2 Å². The fourth-order valence-corrected chi connectivity index (χ4v) is 0.762. The molecule has 2 unspecified atom stereocenters. The van der Waals surface area contributed by atoms with Crippen LogP contribution >= 0.6 is 0 Å². The zero-order chi connectivity index (χ0) is 9.64. The maximum Gasteiger partial charge on any atom is 0.111 e. The van der Waals surface area contributed by atoms with Crippen LogP contribution < -0.4 is 0 Å². The molecule has 0 N–H and O–H groups in total. The van der Waals surface area contributed by atoms with Crippen molar-refractivity contribution in [2.24, 2.45) is 0 Å². The van der Waals surface area contributed by atoms with Gasteiger partial charge in [0.05, 0.1) is 13.2 Å². The fraction of sp³-hybridized carbons (Fsp3) is 1.00. The van der Waals surface area contributed by atoms with Gasteiger partial charge in [0.1, 0.15) is 38.6 Å². The lowest BCUT2D eigenvalue weighted by Gasteiger charge is -2.03. The van der Waals surface area contributed by atoms with Crippen molar-refractivity contribution >= 4 is 0 Å². The minimum atomic E-state index is 0.221. The van der Waals surface area contributed by atoms with Crippen LogP contribution in [0.25, 0.3) is 0 Å². The van der Waals surface area contributed by atoms with E-state index in [1.54, 1.807) is 0 Å². The summed E-state index contributed by atoms with van der Waals surface area (Å²) in [7, 11) is 0. The summed E-state index contributed by atoms with van der Waals surface area (Å²) in [6.45, 7) is 3.19. The van der Waals surface area contributed by atoms with Crippen LogP contribution in [0.1, 0.15) is 0 Å². The fourth-order valence-electron chi connectivity index (χ4n) is 0.762. The molecule has 2 aliphatic rings. The summed E-state index contributed by atoms with van der Waals surface area (Å²) in [4.78, 5) is 19.2. The summed E-state index contributed by atoms with van der Waals surface area (Å²) in [5.41, 5.74) is 0. The van der Waals surface area contributed by atoms with E-state index in [4.69, 9.17) is 29.0 Å². The number of hydrogen-bond donors (Lipinski definition) is 0. The first-order chi connectivity index (χ1) is 6.95. The first-order valence-electron chi connectivity index (χ1n) is 4.67. The molecular formula is C8H14O6. The quantitative estimate of drug-likeness (QED) is 0.223. The number of epoxide rings is 2.